The summed E-state index contributed by atoms with van der Waals surface area (Å²) < 4.78 is 16.1. The van der Waals surface area contributed by atoms with Gasteiger partial charge in [0.15, 0.2) is 17.7 Å². The number of methoxy groups -OCH3 is 1. The molecule has 5 rings (SSSR count). The molecule has 0 aromatic heterocycles. The average molecular weight is 386 g/mol. The molecule has 1 aliphatic carbocycles. The van der Waals surface area contributed by atoms with Crippen LogP contribution in [-0.4, -0.2) is 51.7 Å². The molecule has 2 aromatic rings. The van der Waals surface area contributed by atoms with Gasteiger partial charge in [-0.2, -0.15) is 0 Å². The molecule has 0 spiro atoms. The van der Waals surface area contributed by atoms with Crippen LogP contribution < -0.4 is 4.74 Å². The molecule has 2 aliphatic heterocycles. The van der Waals surface area contributed by atoms with Crippen LogP contribution in [0.4, 0.5) is 0 Å². The van der Waals surface area contributed by atoms with Crippen molar-refractivity contribution in [1.82, 2.24) is 0 Å². The first kappa shape index (κ1) is 17.0. The van der Waals surface area contributed by atoms with Gasteiger partial charge in [0.1, 0.15) is 23.0 Å². The topological polar surface area (TPSA) is 143 Å². The summed E-state index contributed by atoms with van der Waals surface area (Å²) in [5, 5.41) is 42.0. The normalized spacial score (nSPS) is 27.1. The minimum absolute atomic E-state index is 0.0115. The van der Waals surface area contributed by atoms with Gasteiger partial charge in [0.05, 0.1) is 22.3 Å². The van der Waals surface area contributed by atoms with Crippen molar-refractivity contribution < 1.29 is 44.2 Å². The van der Waals surface area contributed by atoms with Crippen molar-refractivity contribution in [2.24, 2.45) is 0 Å². The molecule has 4 N–H and O–H groups in total. The average Bonchev–Trinajstić information content (AvgIpc) is 3.10. The van der Waals surface area contributed by atoms with Crippen LogP contribution in [0, 0.1) is 0 Å². The number of fused-ring (bicyclic) bond motifs is 5. The quantitative estimate of drug-likeness (QED) is 0.448. The van der Waals surface area contributed by atoms with E-state index < -0.39 is 52.6 Å². The van der Waals surface area contributed by atoms with Gasteiger partial charge >= 0.3 is 0 Å². The Morgan fingerprint density at radius 2 is 1.71 bits per heavy atom. The summed E-state index contributed by atoms with van der Waals surface area (Å²) in [6, 6.07) is 3.40. The first-order valence-corrected chi connectivity index (χ1v) is 8.40. The van der Waals surface area contributed by atoms with Gasteiger partial charge in [0.2, 0.25) is 12.1 Å². The van der Waals surface area contributed by atoms with Crippen LogP contribution in [0.2, 0.25) is 0 Å². The summed E-state index contributed by atoms with van der Waals surface area (Å²) in [5.41, 5.74) is -3.21. The molecule has 1 saturated heterocycles. The molecular weight excluding hydrogens is 372 g/mol. The number of hydrogen-bond acceptors (Lipinski definition) is 9. The Kier molecular flexibility index (Phi) is 3.17. The lowest BCUT2D eigenvalue weighted by Gasteiger charge is -2.24. The number of ketones is 2. The number of ether oxygens (including phenoxy) is 3. The number of hydrogen-bond donors (Lipinski definition) is 4. The summed E-state index contributed by atoms with van der Waals surface area (Å²) >= 11 is 0. The zero-order valence-electron chi connectivity index (χ0n) is 14.4. The van der Waals surface area contributed by atoms with E-state index in [2.05, 4.69) is 0 Å². The van der Waals surface area contributed by atoms with E-state index in [0.29, 0.717) is 0 Å². The van der Waals surface area contributed by atoms with Gasteiger partial charge in [-0.25, -0.2) is 0 Å². The summed E-state index contributed by atoms with van der Waals surface area (Å²) in [6.07, 6.45) is -2.02. The molecule has 144 valence electrons. The predicted octanol–water partition coefficient (Wildman–Crippen LogP) is 0.878. The van der Waals surface area contributed by atoms with Gasteiger partial charge in [0, 0.05) is 19.1 Å². The Morgan fingerprint density at radius 3 is 2.36 bits per heavy atom. The lowest BCUT2D eigenvalue weighted by Crippen LogP contribution is -2.33. The number of rotatable bonds is 1. The molecule has 3 aliphatic rings. The molecule has 0 amide bonds. The van der Waals surface area contributed by atoms with E-state index in [9.17, 15) is 30.0 Å². The van der Waals surface area contributed by atoms with Gasteiger partial charge in [-0.1, -0.05) is 0 Å². The highest BCUT2D eigenvalue weighted by Gasteiger charge is 2.59. The monoisotopic (exact) mass is 386 g/mol. The third-order valence-corrected chi connectivity index (χ3v) is 5.42. The SMILES string of the molecule is CO[C@H]1C[C@@]2(O)c3c(cc4c(c3O)C(=O)c3c(O)ccc(O)c3C4=O)O[C@H]2O1. The second kappa shape index (κ2) is 5.22. The van der Waals surface area contributed by atoms with Crippen LogP contribution in [0.15, 0.2) is 18.2 Å². The molecule has 0 saturated carbocycles. The highest BCUT2D eigenvalue weighted by molar-refractivity contribution is 6.31. The lowest BCUT2D eigenvalue weighted by atomic mass is 9.79. The van der Waals surface area contributed by atoms with Crippen LogP contribution >= 0.6 is 0 Å². The predicted molar refractivity (Wildman–Crippen MR) is 89.6 cm³/mol. The fourth-order valence-corrected chi connectivity index (χ4v) is 4.11. The molecule has 0 bridgehead atoms. The van der Waals surface area contributed by atoms with E-state index in [1.165, 1.54) is 13.2 Å². The molecular formula is C19H14O9. The highest BCUT2D eigenvalue weighted by atomic mass is 16.8. The van der Waals surface area contributed by atoms with Gasteiger partial charge in [-0.15, -0.1) is 0 Å². The van der Waals surface area contributed by atoms with E-state index in [-0.39, 0.29) is 34.4 Å². The maximum Gasteiger partial charge on any atom is 0.235 e. The second-order valence-corrected chi connectivity index (χ2v) is 6.91. The molecule has 1 fully saturated rings. The van der Waals surface area contributed by atoms with Crippen molar-refractivity contribution in [3.05, 3.63) is 46.0 Å². The van der Waals surface area contributed by atoms with Crippen LogP contribution in [-0.2, 0) is 15.1 Å². The zero-order valence-corrected chi connectivity index (χ0v) is 14.4. The van der Waals surface area contributed by atoms with Crippen LogP contribution in [0.1, 0.15) is 43.8 Å². The number of phenols is 3. The molecule has 3 atom stereocenters. The first-order chi connectivity index (χ1) is 13.3. The molecule has 0 unspecified atom stereocenters. The van der Waals surface area contributed by atoms with E-state index in [4.69, 9.17) is 14.2 Å². The van der Waals surface area contributed by atoms with E-state index >= 15 is 0 Å². The smallest absolute Gasteiger partial charge is 0.235 e. The minimum Gasteiger partial charge on any atom is -0.507 e. The van der Waals surface area contributed by atoms with E-state index in [1.54, 1.807) is 0 Å². The van der Waals surface area contributed by atoms with Crippen molar-refractivity contribution in [3.63, 3.8) is 0 Å². The second-order valence-electron chi connectivity index (χ2n) is 6.91. The van der Waals surface area contributed by atoms with E-state index in [1.807, 2.05) is 0 Å². The van der Waals surface area contributed by atoms with Gasteiger partial charge in [-0.3, -0.25) is 9.59 Å². The molecule has 2 heterocycles. The van der Waals surface area contributed by atoms with Crippen molar-refractivity contribution in [1.29, 1.82) is 0 Å². The number of phenolic OH excluding ortho intramolecular Hbond substituents is 3. The lowest BCUT2D eigenvalue weighted by molar-refractivity contribution is -0.183. The molecule has 9 nitrogen and oxygen atoms in total. The minimum atomic E-state index is -1.78. The number of carbonyl (C=O) groups excluding carboxylic acids is 2. The van der Waals surface area contributed by atoms with Crippen molar-refractivity contribution >= 4 is 11.6 Å². The molecule has 28 heavy (non-hydrogen) atoms. The fourth-order valence-electron chi connectivity index (χ4n) is 4.11. The van der Waals surface area contributed by atoms with Crippen molar-refractivity contribution in [3.8, 4) is 23.0 Å². The number of aliphatic hydroxyl groups is 1. The Labute approximate surface area is 157 Å². The summed E-state index contributed by atoms with van der Waals surface area (Å²) in [4.78, 5) is 25.9. The maximum absolute atomic E-state index is 13.0. The van der Waals surface area contributed by atoms with Crippen molar-refractivity contribution in [2.75, 3.05) is 7.11 Å². The van der Waals surface area contributed by atoms with Gasteiger partial charge < -0.3 is 34.6 Å². The zero-order chi connectivity index (χ0) is 20.0. The Balaban J connectivity index is 1.76. The molecule has 2 aromatic carbocycles. The van der Waals surface area contributed by atoms with Gasteiger partial charge in [-0.05, 0) is 18.2 Å². The number of aromatic hydroxyl groups is 3. The number of benzene rings is 2. The Morgan fingerprint density at radius 1 is 1.07 bits per heavy atom. The third-order valence-electron chi connectivity index (χ3n) is 5.42. The molecule has 9 heteroatoms. The molecule has 0 radical (unpaired) electrons. The fraction of sp³-hybridized carbons (Fsp3) is 0.263. The van der Waals surface area contributed by atoms with Crippen LogP contribution in [0.3, 0.4) is 0 Å². The third kappa shape index (κ3) is 1.85. The van der Waals surface area contributed by atoms with Crippen molar-refractivity contribution in [2.45, 2.75) is 24.6 Å². The Bertz CT molecular complexity index is 1090. The number of carbonyl (C=O) groups is 2. The standard InChI is InChI=1S/C19H14O9/c1-26-10-5-19(25)14-9(27-18(19)28-10)4-6-11(17(14)24)16(23)13-8(21)3-2-7(20)12(13)15(6)22/h2-4,10,18,20-21,24-25H,5H2,1H3/t10-,18+,19-/m1/s1. The van der Waals surface area contributed by atoms with Gasteiger partial charge in [0.25, 0.3) is 0 Å². The highest BCUT2D eigenvalue weighted by Crippen LogP contribution is 2.55. The summed E-state index contributed by atoms with van der Waals surface area (Å²) in [6.45, 7) is 0. The maximum atomic E-state index is 13.0. The Hall–Kier alpha value is -3.14. The van der Waals surface area contributed by atoms with Crippen LogP contribution in [0.25, 0.3) is 0 Å². The van der Waals surface area contributed by atoms with Crippen LogP contribution in [0.5, 0.6) is 23.0 Å². The largest absolute Gasteiger partial charge is 0.507 e. The van der Waals surface area contributed by atoms with E-state index in [0.717, 1.165) is 12.1 Å². The summed E-state index contributed by atoms with van der Waals surface area (Å²) in [5.74, 6) is -3.24. The summed E-state index contributed by atoms with van der Waals surface area (Å²) in [7, 11) is 1.39. The first-order valence-electron chi connectivity index (χ1n) is 8.40.